The summed E-state index contributed by atoms with van der Waals surface area (Å²) in [6.45, 7) is 0.762. The molecule has 2 aromatic heterocycles. The van der Waals surface area contributed by atoms with Gasteiger partial charge in [-0.3, -0.25) is 9.48 Å². The van der Waals surface area contributed by atoms with Gasteiger partial charge < -0.3 is 9.42 Å². The molecule has 1 unspecified atom stereocenters. The number of aromatic nitrogens is 3. The van der Waals surface area contributed by atoms with Gasteiger partial charge in [-0.1, -0.05) is 11.6 Å². The average molecular weight is 314 g/mol. The molecule has 1 amide bonds. The van der Waals surface area contributed by atoms with E-state index in [-0.39, 0.29) is 11.9 Å². The standard InChI is InChI=1S/C17H22N4O2/c1-20-11-13(10-18-20)15-7-2-3-8-21(15)17(22)16-9-14(19-23-16)12-5-4-6-12/h9-12,15H,2-8H2,1H3. The number of amides is 1. The molecule has 0 N–H and O–H groups in total. The minimum absolute atomic E-state index is 0.0448. The number of nitrogens with zero attached hydrogens (tertiary/aromatic N) is 4. The van der Waals surface area contributed by atoms with E-state index in [2.05, 4.69) is 10.3 Å². The second-order valence-electron chi connectivity index (χ2n) is 6.70. The van der Waals surface area contributed by atoms with Crippen LogP contribution in [-0.2, 0) is 7.05 Å². The summed E-state index contributed by atoms with van der Waals surface area (Å²) in [5.41, 5.74) is 2.04. The largest absolute Gasteiger partial charge is 0.351 e. The van der Waals surface area contributed by atoms with Crippen molar-refractivity contribution < 1.29 is 9.32 Å². The molecule has 122 valence electrons. The zero-order valence-electron chi connectivity index (χ0n) is 13.4. The molecule has 0 spiro atoms. The van der Waals surface area contributed by atoms with Crippen LogP contribution in [0.1, 0.15) is 72.3 Å². The number of hydrogen-bond acceptors (Lipinski definition) is 4. The fourth-order valence-electron chi connectivity index (χ4n) is 3.56. The van der Waals surface area contributed by atoms with Crippen molar-refractivity contribution in [1.29, 1.82) is 0 Å². The van der Waals surface area contributed by atoms with Gasteiger partial charge in [0.1, 0.15) is 0 Å². The monoisotopic (exact) mass is 314 g/mol. The number of carbonyl (C=O) groups is 1. The Kier molecular flexibility index (Phi) is 3.67. The molecule has 1 saturated heterocycles. The summed E-state index contributed by atoms with van der Waals surface area (Å²) >= 11 is 0. The van der Waals surface area contributed by atoms with Crippen molar-refractivity contribution in [2.45, 2.75) is 50.5 Å². The van der Waals surface area contributed by atoms with Gasteiger partial charge in [0.05, 0.1) is 17.9 Å². The fraction of sp³-hybridized carbons (Fsp3) is 0.588. The van der Waals surface area contributed by atoms with Crippen molar-refractivity contribution in [2.75, 3.05) is 6.54 Å². The molecule has 1 aliphatic carbocycles. The number of rotatable bonds is 3. The fourth-order valence-corrected chi connectivity index (χ4v) is 3.56. The van der Waals surface area contributed by atoms with Crippen LogP contribution < -0.4 is 0 Å². The minimum Gasteiger partial charge on any atom is -0.351 e. The quantitative estimate of drug-likeness (QED) is 0.873. The van der Waals surface area contributed by atoms with Gasteiger partial charge in [-0.2, -0.15) is 5.10 Å². The van der Waals surface area contributed by atoms with E-state index in [0.717, 1.165) is 49.9 Å². The van der Waals surface area contributed by atoms with Crippen LogP contribution in [0, 0.1) is 0 Å². The van der Waals surface area contributed by atoms with Gasteiger partial charge >= 0.3 is 0 Å². The number of aryl methyl sites for hydroxylation is 1. The highest BCUT2D eigenvalue weighted by atomic mass is 16.5. The maximum atomic E-state index is 12.9. The van der Waals surface area contributed by atoms with Gasteiger partial charge in [0, 0.05) is 37.3 Å². The van der Waals surface area contributed by atoms with Crippen LogP contribution in [-0.4, -0.2) is 32.3 Å². The van der Waals surface area contributed by atoms with Crippen molar-refractivity contribution in [3.8, 4) is 0 Å². The maximum absolute atomic E-state index is 12.9. The van der Waals surface area contributed by atoms with E-state index >= 15 is 0 Å². The van der Waals surface area contributed by atoms with Crippen LogP contribution in [0.15, 0.2) is 23.0 Å². The molecule has 1 saturated carbocycles. The third kappa shape index (κ3) is 2.66. The average Bonchev–Trinajstić information content (AvgIpc) is 3.14. The molecule has 1 aliphatic heterocycles. The van der Waals surface area contributed by atoms with Gasteiger partial charge in [0.25, 0.3) is 5.91 Å². The third-order valence-electron chi connectivity index (χ3n) is 5.14. The zero-order valence-corrected chi connectivity index (χ0v) is 13.4. The molecule has 1 atom stereocenters. The lowest BCUT2D eigenvalue weighted by atomic mass is 9.83. The van der Waals surface area contributed by atoms with Crippen LogP contribution in [0.25, 0.3) is 0 Å². The highest BCUT2D eigenvalue weighted by molar-refractivity contribution is 5.91. The lowest BCUT2D eigenvalue weighted by molar-refractivity contribution is 0.0569. The number of hydrogen-bond donors (Lipinski definition) is 0. The molecule has 6 heteroatoms. The predicted molar refractivity (Wildman–Crippen MR) is 83.9 cm³/mol. The molecular formula is C17H22N4O2. The topological polar surface area (TPSA) is 64.2 Å². The Hall–Kier alpha value is -2.11. The summed E-state index contributed by atoms with van der Waals surface area (Å²) in [5.74, 6) is 0.815. The van der Waals surface area contributed by atoms with E-state index in [9.17, 15) is 4.79 Å². The maximum Gasteiger partial charge on any atom is 0.292 e. The Labute approximate surface area is 135 Å². The molecule has 4 rings (SSSR count). The Morgan fingerprint density at radius 1 is 1.26 bits per heavy atom. The van der Waals surface area contributed by atoms with Crippen LogP contribution >= 0.6 is 0 Å². The van der Waals surface area contributed by atoms with Crippen LogP contribution in [0.3, 0.4) is 0 Å². The van der Waals surface area contributed by atoms with Crippen LogP contribution in [0.5, 0.6) is 0 Å². The van der Waals surface area contributed by atoms with Crippen LogP contribution in [0.4, 0.5) is 0 Å². The number of carbonyl (C=O) groups excluding carboxylic acids is 1. The van der Waals surface area contributed by atoms with E-state index in [1.165, 1.54) is 6.42 Å². The lowest BCUT2D eigenvalue weighted by Gasteiger charge is -2.34. The van der Waals surface area contributed by atoms with E-state index in [4.69, 9.17) is 4.52 Å². The highest BCUT2D eigenvalue weighted by Crippen LogP contribution is 2.37. The molecule has 0 bridgehead atoms. The minimum atomic E-state index is -0.0448. The third-order valence-corrected chi connectivity index (χ3v) is 5.14. The Bertz CT molecular complexity index is 701. The molecule has 0 aromatic carbocycles. The molecule has 2 fully saturated rings. The van der Waals surface area contributed by atoms with Crippen molar-refractivity contribution in [3.05, 3.63) is 35.5 Å². The first-order valence-electron chi connectivity index (χ1n) is 8.48. The first-order chi connectivity index (χ1) is 11.2. The molecule has 23 heavy (non-hydrogen) atoms. The van der Waals surface area contributed by atoms with Gasteiger partial charge in [-0.15, -0.1) is 0 Å². The van der Waals surface area contributed by atoms with Crippen molar-refractivity contribution in [3.63, 3.8) is 0 Å². The Morgan fingerprint density at radius 3 is 2.83 bits per heavy atom. The summed E-state index contributed by atoms with van der Waals surface area (Å²) in [6.07, 6.45) is 10.5. The van der Waals surface area contributed by atoms with Gasteiger partial charge in [-0.05, 0) is 32.1 Å². The first kappa shape index (κ1) is 14.5. The van der Waals surface area contributed by atoms with E-state index < -0.39 is 0 Å². The summed E-state index contributed by atoms with van der Waals surface area (Å²) in [5, 5.41) is 8.36. The molecule has 3 heterocycles. The van der Waals surface area contributed by atoms with Gasteiger partial charge in [-0.25, -0.2) is 0 Å². The van der Waals surface area contributed by atoms with Crippen molar-refractivity contribution >= 4 is 5.91 Å². The summed E-state index contributed by atoms with van der Waals surface area (Å²) < 4.78 is 7.15. The zero-order chi connectivity index (χ0) is 15.8. The normalized spacial score (nSPS) is 22.1. The number of likely N-dealkylation sites (tertiary alicyclic amines) is 1. The summed E-state index contributed by atoms with van der Waals surface area (Å²) in [6, 6.07) is 1.93. The summed E-state index contributed by atoms with van der Waals surface area (Å²) in [7, 11) is 1.90. The second kappa shape index (κ2) is 5.83. The molecule has 2 aromatic rings. The highest BCUT2D eigenvalue weighted by Gasteiger charge is 2.32. The predicted octanol–water partition coefficient (Wildman–Crippen LogP) is 3.04. The molecular weight excluding hydrogens is 292 g/mol. The van der Waals surface area contributed by atoms with Gasteiger partial charge in [0.2, 0.25) is 5.76 Å². The molecule has 6 nitrogen and oxygen atoms in total. The molecule has 0 radical (unpaired) electrons. The lowest BCUT2D eigenvalue weighted by Crippen LogP contribution is -2.38. The van der Waals surface area contributed by atoms with Crippen LogP contribution in [0.2, 0.25) is 0 Å². The second-order valence-corrected chi connectivity index (χ2v) is 6.70. The Morgan fingerprint density at radius 2 is 2.13 bits per heavy atom. The smallest absolute Gasteiger partial charge is 0.292 e. The van der Waals surface area contributed by atoms with Crippen molar-refractivity contribution in [1.82, 2.24) is 19.8 Å². The SMILES string of the molecule is Cn1cc(C2CCCCN2C(=O)c2cc(C3CCC3)no2)cn1. The number of piperidine rings is 1. The molecule has 2 aliphatic rings. The summed E-state index contributed by atoms with van der Waals surface area (Å²) in [4.78, 5) is 14.8. The van der Waals surface area contributed by atoms with E-state index in [1.807, 2.05) is 30.4 Å². The Balaban J connectivity index is 1.56. The van der Waals surface area contributed by atoms with E-state index in [1.54, 1.807) is 4.68 Å². The van der Waals surface area contributed by atoms with Gasteiger partial charge in [0.15, 0.2) is 0 Å². The van der Waals surface area contributed by atoms with Crippen molar-refractivity contribution in [2.24, 2.45) is 7.05 Å². The van der Waals surface area contributed by atoms with E-state index in [0.29, 0.717) is 11.7 Å². The first-order valence-corrected chi connectivity index (χ1v) is 8.48.